The molecule has 124 valence electrons. The van der Waals surface area contributed by atoms with Crippen molar-refractivity contribution in [3.63, 3.8) is 0 Å². The standard InChI is InChI=1S/C19H20ClN3O/c20-13-4-1-5-14(12-13)22-11-9-18(19(22)24)23-10-3-6-15-16(21)7-2-8-17(15)23/h1-2,4-5,7-8,12,18H,3,6,9-11,21H2. The molecule has 0 spiro atoms. The van der Waals surface area contributed by atoms with Gasteiger partial charge in [-0.3, -0.25) is 4.79 Å². The summed E-state index contributed by atoms with van der Waals surface area (Å²) in [5.41, 5.74) is 10.1. The minimum Gasteiger partial charge on any atom is -0.398 e. The molecule has 0 radical (unpaired) electrons. The summed E-state index contributed by atoms with van der Waals surface area (Å²) in [4.78, 5) is 17.1. The predicted octanol–water partition coefficient (Wildman–Crippen LogP) is 3.48. The van der Waals surface area contributed by atoms with E-state index >= 15 is 0 Å². The highest BCUT2D eigenvalue weighted by molar-refractivity contribution is 6.31. The highest BCUT2D eigenvalue weighted by Crippen LogP contribution is 2.36. The lowest BCUT2D eigenvalue weighted by atomic mass is 9.98. The Morgan fingerprint density at radius 2 is 1.96 bits per heavy atom. The van der Waals surface area contributed by atoms with Crippen molar-refractivity contribution in [2.45, 2.75) is 25.3 Å². The molecule has 1 unspecified atom stereocenters. The first-order valence-corrected chi connectivity index (χ1v) is 8.74. The molecule has 0 bridgehead atoms. The number of hydrogen-bond donors (Lipinski definition) is 1. The number of hydrogen-bond acceptors (Lipinski definition) is 3. The molecule has 2 aliphatic rings. The molecular formula is C19H20ClN3O. The van der Waals surface area contributed by atoms with Crippen LogP contribution in [0.3, 0.4) is 0 Å². The molecule has 2 N–H and O–H groups in total. The first-order chi connectivity index (χ1) is 11.6. The van der Waals surface area contributed by atoms with Crippen molar-refractivity contribution in [3.05, 3.63) is 53.1 Å². The highest BCUT2D eigenvalue weighted by Gasteiger charge is 2.38. The van der Waals surface area contributed by atoms with Gasteiger partial charge in [0, 0.05) is 35.2 Å². The number of anilines is 3. The summed E-state index contributed by atoms with van der Waals surface area (Å²) in [7, 11) is 0. The first kappa shape index (κ1) is 15.3. The lowest BCUT2D eigenvalue weighted by molar-refractivity contribution is -0.118. The van der Waals surface area contributed by atoms with Gasteiger partial charge in [0.15, 0.2) is 0 Å². The van der Waals surface area contributed by atoms with Gasteiger partial charge in [-0.05, 0) is 55.2 Å². The zero-order valence-corrected chi connectivity index (χ0v) is 14.2. The van der Waals surface area contributed by atoms with Crippen LogP contribution < -0.4 is 15.5 Å². The summed E-state index contributed by atoms with van der Waals surface area (Å²) in [5, 5.41) is 0.653. The van der Waals surface area contributed by atoms with Crippen LogP contribution in [-0.2, 0) is 11.2 Å². The van der Waals surface area contributed by atoms with E-state index in [4.69, 9.17) is 17.3 Å². The van der Waals surface area contributed by atoms with Crippen LogP contribution in [0.4, 0.5) is 17.1 Å². The molecular weight excluding hydrogens is 322 g/mol. The maximum absolute atomic E-state index is 13.0. The third-order valence-electron chi connectivity index (χ3n) is 5.00. The van der Waals surface area contributed by atoms with Gasteiger partial charge < -0.3 is 15.5 Å². The molecule has 5 heteroatoms. The smallest absolute Gasteiger partial charge is 0.249 e. The Morgan fingerprint density at radius 1 is 1.12 bits per heavy atom. The average Bonchev–Trinajstić information content (AvgIpc) is 2.96. The Bertz CT molecular complexity index is 792. The van der Waals surface area contributed by atoms with Crippen molar-refractivity contribution < 1.29 is 4.79 Å². The molecule has 0 saturated carbocycles. The van der Waals surface area contributed by atoms with Crippen LogP contribution in [0.25, 0.3) is 0 Å². The lowest BCUT2D eigenvalue weighted by Gasteiger charge is -2.35. The Hall–Kier alpha value is -2.20. The quantitative estimate of drug-likeness (QED) is 0.851. The van der Waals surface area contributed by atoms with Gasteiger partial charge >= 0.3 is 0 Å². The number of nitrogens with two attached hydrogens (primary N) is 1. The summed E-state index contributed by atoms with van der Waals surface area (Å²) in [6.45, 7) is 1.62. The van der Waals surface area contributed by atoms with Crippen molar-refractivity contribution in [2.75, 3.05) is 28.6 Å². The maximum atomic E-state index is 13.0. The number of carbonyl (C=O) groups is 1. The molecule has 0 aromatic heterocycles. The van der Waals surface area contributed by atoms with E-state index in [1.807, 2.05) is 41.3 Å². The molecule has 2 aliphatic heterocycles. The molecule has 0 aliphatic carbocycles. The molecule has 4 rings (SSSR count). The van der Waals surface area contributed by atoms with Crippen LogP contribution in [0.15, 0.2) is 42.5 Å². The normalized spacial score (nSPS) is 20.4. The number of halogens is 1. The number of fused-ring (bicyclic) bond motifs is 1. The number of carbonyl (C=O) groups excluding carboxylic acids is 1. The van der Waals surface area contributed by atoms with E-state index in [0.29, 0.717) is 5.02 Å². The Labute approximate surface area is 146 Å². The molecule has 24 heavy (non-hydrogen) atoms. The number of nitrogens with zero attached hydrogens (tertiary/aromatic N) is 2. The lowest BCUT2D eigenvalue weighted by Crippen LogP contribution is -2.44. The van der Waals surface area contributed by atoms with Crippen LogP contribution in [-0.4, -0.2) is 25.0 Å². The summed E-state index contributed by atoms with van der Waals surface area (Å²) >= 11 is 6.08. The monoisotopic (exact) mass is 341 g/mol. The van der Waals surface area contributed by atoms with Gasteiger partial charge in [0.1, 0.15) is 6.04 Å². The minimum absolute atomic E-state index is 0.121. The second kappa shape index (κ2) is 6.02. The number of nitrogen functional groups attached to an aromatic ring is 1. The van der Waals surface area contributed by atoms with Crippen molar-refractivity contribution >= 4 is 34.6 Å². The molecule has 1 fully saturated rings. The SMILES string of the molecule is Nc1cccc2c1CCCN2C1CCN(c2cccc(Cl)c2)C1=O. The zero-order valence-electron chi connectivity index (χ0n) is 13.4. The number of amides is 1. The second-order valence-electron chi connectivity index (χ2n) is 6.42. The topological polar surface area (TPSA) is 49.6 Å². The number of benzene rings is 2. The van der Waals surface area contributed by atoms with Crippen LogP contribution >= 0.6 is 11.6 Å². The summed E-state index contributed by atoms with van der Waals surface area (Å²) < 4.78 is 0. The van der Waals surface area contributed by atoms with Crippen LogP contribution in [0.1, 0.15) is 18.4 Å². The van der Waals surface area contributed by atoms with E-state index in [9.17, 15) is 4.79 Å². The van der Waals surface area contributed by atoms with Gasteiger partial charge in [0.25, 0.3) is 0 Å². The van der Waals surface area contributed by atoms with Gasteiger partial charge in [-0.2, -0.15) is 0 Å². The summed E-state index contributed by atoms with van der Waals surface area (Å²) in [6.07, 6.45) is 2.83. The van der Waals surface area contributed by atoms with Gasteiger partial charge in [-0.15, -0.1) is 0 Å². The van der Waals surface area contributed by atoms with Crippen molar-refractivity contribution in [3.8, 4) is 0 Å². The minimum atomic E-state index is -0.121. The summed E-state index contributed by atoms with van der Waals surface area (Å²) in [5.74, 6) is 0.146. The summed E-state index contributed by atoms with van der Waals surface area (Å²) in [6, 6.07) is 13.4. The molecule has 2 aromatic rings. The fraction of sp³-hybridized carbons (Fsp3) is 0.316. The largest absolute Gasteiger partial charge is 0.398 e. The van der Waals surface area contributed by atoms with Crippen LogP contribution in [0.5, 0.6) is 0 Å². The second-order valence-corrected chi connectivity index (χ2v) is 6.85. The highest BCUT2D eigenvalue weighted by atomic mass is 35.5. The third kappa shape index (κ3) is 2.51. The van der Waals surface area contributed by atoms with Crippen molar-refractivity contribution in [1.82, 2.24) is 0 Å². The predicted molar refractivity (Wildman–Crippen MR) is 98.7 cm³/mol. The fourth-order valence-electron chi connectivity index (χ4n) is 3.86. The Balaban J connectivity index is 1.63. The molecule has 1 atom stereocenters. The first-order valence-electron chi connectivity index (χ1n) is 8.36. The average molecular weight is 342 g/mol. The maximum Gasteiger partial charge on any atom is 0.249 e. The van der Waals surface area contributed by atoms with E-state index in [2.05, 4.69) is 11.0 Å². The van der Waals surface area contributed by atoms with Crippen molar-refractivity contribution in [2.24, 2.45) is 0 Å². The number of rotatable bonds is 2. The van der Waals surface area contributed by atoms with E-state index in [0.717, 1.165) is 49.4 Å². The van der Waals surface area contributed by atoms with Gasteiger partial charge in [-0.25, -0.2) is 0 Å². The fourth-order valence-corrected chi connectivity index (χ4v) is 4.04. The van der Waals surface area contributed by atoms with E-state index in [1.54, 1.807) is 0 Å². The molecule has 2 aromatic carbocycles. The van der Waals surface area contributed by atoms with Gasteiger partial charge in [-0.1, -0.05) is 23.7 Å². The van der Waals surface area contributed by atoms with E-state index in [1.165, 1.54) is 5.56 Å². The van der Waals surface area contributed by atoms with Crippen molar-refractivity contribution in [1.29, 1.82) is 0 Å². The third-order valence-corrected chi connectivity index (χ3v) is 5.23. The van der Waals surface area contributed by atoms with Crippen LogP contribution in [0.2, 0.25) is 5.02 Å². The Morgan fingerprint density at radius 3 is 2.79 bits per heavy atom. The zero-order chi connectivity index (χ0) is 16.7. The molecule has 4 nitrogen and oxygen atoms in total. The molecule has 1 saturated heterocycles. The van der Waals surface area contributed by atoms with E-state index < -0.39 is 0 Å². The molecule has 2 heterocycles. The van der Waals surface area contributed by atoms with Gasteiger partial charge in [0.2, 0.25) is 5.91 Å². The van der Waals surface area contributed by atoms with Crippen LogP contribution in [0, 0.1) is 0 Å². The molecule has 1 amide bonds. The Kier molecular flexibility index (Phi) is 3.85. The van der Waals surface area contributed by atoms with Gasteiger partial charge in [0.05, 0.1) is 0 Å². The van der Waals surface area contributed by atoms with E-state index in [-0.39, 0.29) is 11.9 Å².